The Labute approximate surface area is 190 Å². The van der Waals surface area contributed by atoms with Gasteiger partial charge in [0.25, 0.3) is 5.91 Å². The van der Waals surface area contributed by atoms with E-state index in [9.17, 15) is 14.0 Å². The van der Waals surface area contributed by atoms with Crippen molar-refractivity contribution in [2.24, 2.45) is 5.92 Å². The number of hydrogen-bond donors (Lipinski definition) is 1. The molecule has 0 aliphatic carbocycles. The van der Waals surface area contributed by atoms with E-state index in [-0.39, 0.29) is 23.5 Å². The molecule has 1 aliphatic rings. The van der Waals surface area contributed by atoms with Gasteiger partial charge >= 0.3 is 0 Å². The molecule has 1 saturated heterocycles. The largest absolute Gasteiger partial charge is 0.350 e. The predicted molar refractivity (Wildman–Crippen MR) is 122 cm³/mol. The van der Waals surface area contributed by atoms with Gasteiger partial charge < -0.3 is 10.2 Å². The molecule has 1 aliphatic heterocycles. The molecule has 2 aromatic heterocycles. The van der Waals surface area contributed by atoms with Crippen molar-refractivity contribution in [3.8, 4) is 10.6 Å². The quantitative estimate of drug-likeness (QED) is 0.608. The Bertz CT molecular complexity index is 1080. The summed E-state index contributed by atoms with van der Waals surface area (Å²) >= 11 is 1.34. The topological polar surface area (TPSA) is 75.2 Å². The zero-order chi connectivity index (χ0) is 22.5. The molecule has 8 heteroatoms. The number of hydrogen-bond acceptors (Lipinski definition) is 5. The zero-order valence-corrected chi connectivity index (χ0v) is 18.7. The molecule has 4 rings (SSSR count). The lowest BCUT2D eigenvalue weighted by molar-refractivity contribution is -0.122. The van der Waals surface area contributed by atoms with Crippen LogP contribution in [0.2, 0.25) is 0 Å². The van der Waals surface area contributed by atoms with E-state index in [0.717, 1.165) is 24.1 Å². The number of carbonyl (C=O) groups is 2. The molecular formula is C24H25FN4O2S. The highest BCUT2D eigenvalue weighted by molar-refractivity contribution is 7.17. The lowest BCUT2D eigenvalue weighted by Crippen LogP contribution is -2.39. The number of nitrogens with zero attached hydrogens (tertiary/aromatic N) is 3. The van der Waals surface area contributed by atoms with Crippen molar-refractivity contribution in [2.45, 2.75) is 32.7 Å². The van der Waals surface area contributed by atoms with Gasteiger partial charge in [0.15, 0.2) is 0 Å². The van der Waals surface area contributed by atoms with Crippen molar-refractivity contribution in [1.82, 2.24) is 20.2 Å². The molecule has 1 fully saturated rings. The predicted octanol–water partition coefficient (Wildman–Crippen LogP) is 4.21. The first-order valence-electron chi connectivity index (χ1n) is 10.7. The molecular weight excluding hydrogens is 427 g/mol. The molecule has 6 nitrogen and oxygen atoms in total. The minimum atomic E-state index is -0.299. The summed E-state index contributed by atoms with van der Waals surface area (Å²) < 4.78 is 13.2. The fraction of sp³-hybridized carbons (Fsp3) is 0.333. The lowest BCUT2D eigenvalue weighted by atomic mass is 9.93. The van der Waals surface area contributed by atoms with Crippen LogP contribution in [0.5, 0.6) is 0 Å². The molecule has 2 amide bonds. The second-order valence-corrected chi connectivity index (χ2v) is 8.98. The van der Waals surface area contributed by atoms with Gasteiger partial charge in [-0.2, -0.15) is 0 Å². The van der Waals surface area contributed by atoms with E-state index < -0.39 is 0 Å². The number of aromatic nitrogens is 2. The normalized spacial score (nSPS) is 14.4. The summed E-state index contributed by atoms with van der Waals surface area (Å²) in [6.07, 6.45) is 3.77. The molecule has 3 heterocycles. The number of nitrogens with one attached hydrogen (secondary N) is 1. The minimum Gasteiger partial charge on any atom is -0.350 e. The van der Waals surface area contributed by atoms with Crippen LogP contribution in [-0.2, 0) is 11.3 Å². The van der Waals surface area contributed by atoms with Crippen LogP contribution in [0.3, 0.4) is 0 Å². The van der Waals surface area contributed by atoms with Crippen molar-refractivity contribution in [3.63, 3.8) is 0 Å². The average molecular weight is 453 g/mol. The summed E-state index contributed by atoms with van der Waals surface area (Å²) in [4.78, 5) is 36.5. The van der Waals surface area contributed by atoms with Crippen LogP contribution >= 0.6 is 11.3 Å². The Morgan fingerprint density at radius 3 is 2.59 bits per heavy atom. The maximum absolute atomic E-state index is 13.2. The first-order valence-corrected chi connectivity index (χ1v) is 11.5. The summed E-state index contributed by atoms with van der Waals surface area (Å²) in [7, 11) is 0. The first-order chi connectivity index (χ1) is 15.5. The molecule has 0 bridgehead atoms. The highest BCUT2D eigenvalue weighted by Crippen LogP contribution is 2.30. The number of halogens is 1. The van der Waals surface area contributed by atoms with Gasteiger partial charge in [-0.1, -0.05) is 6.07 Å². The van der Waals surface area contributed by atoms with Gasteiger partial charge in [-0.15, -0.1) is 11.3 Å². The summed E-state index contributed by atoms with van der Waals surface area (Å²) in [5.41, 5.74) is 2.32. The number of benzene rings is 1. The van der Waals surface area contributed by atoms with Crippen LogP contribution < -0.4 is 5.32 Å². The van der Waals surface area contributed by atoms with Crippen LogP contribution in [0.1, 0.15) is 40.3 Å². The van der Waals surface area contributed by atoms with Crippen molar-refractivity contribution in [1.29, 1.82) is 0 Å². The van der Waals surface area contributed by atoms with Crippen molar-refractivity contribution >= 4 is 23.2 Å². The zero-order valence-electron chi connectivity index (χ0n) is 17.9. The van der Waals surface area contributed by atoms with Crippen molar-refractivity contribution < 1.29 is 14.0 Å². The number of piperidine rings is 1. The summed E-state index contributed by atoms with van der Waals surface area (Å²) in [5.74, 6) is -0.0409. The monoisotopic (exact) mass is 452 g/mol. The molecule has 0 saturated carbocycles. The number of amides is 2. The Morgan fingerprint density at radius 1 is 1.16 bits per heavy atom. The van der Waals surface area contributed by atoms with Gasteiger partial charge in [0.1, 0.15) is 15.7 Å². The molecule has 1 N–H and O–H groups in total. The third-order valence-electron chi connectivity index (χ3n) is 5.65. The number of thiazole rings is 1. The minimum absolute atomic E-state index is 0.0164. The van der Waals surface area contributed by atoms with Crippen LogP contribution in [0.25, 0.3) is 10.6 Å². The van der Waals surface area contributed by atoms with Gasteiger partial charge in [-0.3, -0.25) is 14.6 Å². The average Bonchev–Trinajstić information content (AvgIpc) is 3.20. The number of aryl methyl sites for hydroxylation is 1. The third-order valence-corrected chi connectivity index (χ3v) is 6.85. The van der Waals surface area contributed by atoms with E-state index in [1.54, 1.807) is 18.3 Å². The molecule has 166 valence electrons. The number of rotatable bonds is 6. The molecule has 0 atom stereocenters. The fourth-order valence-corrected chi connectivity index (χ4v) is 4.86. The summed E-state index contributed by atoms with van der Waals surface area (Å²) in [6.45, 7) is 3.51. The third kappa shape index (κ3) is 5.37. The summed E-state index contributed by atoms with van der Waals surface area (Å²) in [5, 5.41) is 3.64. The highest BCUT2D eigenvalue weighted by Gasteiger charge is 2.27. The maximum atomic E-state index is 13.2. The van der Waals surface area contributed by atoms with Crippen LogP contribution in [-0.4, -0.2) is 39.8 Å². The molecule has 0 radical (unpaired) electrons. The van der Waals surface area contributed by atoms with E-state index in [2.05, 4.69) is 15.3 Å². The van der Waals surface area contributed by atoms with E-state index in [1.807, 2.05) is 30.0 Å². The SMILES string of the molecule is Cc1nc(-c2ccc(F)cc2)sc1C(=O)N1CCC(CC(=O)NCc2ccccn2)CC1. The fourth-order valence-electron chi connectivity index (χ4n) is 3.82. The lowest BCUT2D eigenvalue weighted by Gasteiger charge is -2.31. The van der Waals surface area contributed by atoms with E-state index in [0.29, 0.717) is 41.6 Å². The number of pyridine rings is 1. The molecule has 0 spiro atoms. The molecule has 3 aromatic rings. The first kappa shape index (κ1) is 22.1. The van der Waals surface area contributed by atoms with Gasteiger partial charge in [-0.25, -0.2) is 9.37 Å². The van der Waals surface area contributed by atoms with E-state index in [1.165, 1.54) is 23.5 Å². The molecule has 32 heavy (non-hydrogen) atoms. The highest BCUT2D eigenvalue weighted by atomic mass is 32.1. The van der Waals surface area contributed by atoms with Gasteiger partial charge in [0, 0.05) is 31.3 Å². The van der Waals surface area contributed by atoms with Crippen molar-refractivity contribution in [3.05, 3.63) is 70.7 Å². The number of carbonyl (C=O) groups excluding carboxylic acids is 2. The Balaban J connectivity index is 1.29. The van der Waals surface area contributed by atoms with Gasteiger partial charge in [0.2, 0.25) is 5.91 Å². The Morgan fingerprint density at radius 2 is 1.91 bits per heavy atom. The summed E-state index contributed by atoms with van der Waals surface area (Å²) in [6, 6.07) is 11.8. The van der Waals surface area contributed by atoms with Gasteiger partial charge in [-0.05, 0) is 62.1 Å². The Kier molecular flexibility index (Phi) is 6.90. The molecule has 0 unspecified atom stereocenters. The van der Waals surface area contributed by atoms with E-state index >= 15 is 0 Å². The van der Waals surface area contributed by atoms with E-state index in [4.69, 9.17) is 0 Å². The Hall–Kier alpha value is -3.13. The molecule has 1 aromatic carbocycles. The second kappa shape index (κ2) is 9.99. The second-order valence-electron chi connectivity index (χ2n) is 7.98. The van der Waals surface area contributed by atoms with Crippen LogP contribution in [0.4, 0.5) is 4.39 Å². The standard InChI is InChI=1S/C24H25FN4O2S/c1-16-22(32-23(28-16)18-5-7-19(25)8-6-18)24(31)29-12-9-17(10-13-29)14-21(30)27-15-20-4-2-3-11-26-20/h2-8,11,17H,9-10,12-15H2,1H3,(H,27,30). The maximum Gasteiger partial charge on any atom is 0.265 e. The van der Waals surface area contributed by atoms with Crippen LogP contribution in [0.15, 0.2) is 48.7 Å². The van der Waals surface area contributed by atoms with Crippen molar-refractivity contribution in [2.75, 3.05) is 13.1 Å². The van der Waals surface area contributed by atoms with Gasteiger partial charge in [0.05, 0.1) is 17.9 Å². The number of likely N-dealkylation sites (tertiary alicyclic amines) is 1. The van der Waals surface area contributed by atoms with Crippen LogP contribution in [0, 0.1) is 18.7 Å². The smallest absolute Gasteiger partial charge is 0.265 e.